The van der Waals surface area contributed by atoms with Crippen LogP contribution in [0.15, 0.2) is 60.7 Å². The molecule has 0 aliphatic carbocycles. The second-order valence-electron chi connectivity index (χ2n) is 5.13. The molecule has 1 saturated heterocycles. The van der Waals surface area contributed by atoms with E-state index in [1.807, 2.05) is 60.7 Å². The van der Waals surface area contributed by atoms with Crippen molar-refractivity contribution in [3.63, 3.8) is 0 Å². The predicted molar refractivity (Wildman–Crippen MR) is 81.6 cm³/mol. The lowest BCUT2D eigenvalue weighted by Crippen LogP contribution is -2.57. The molecule has 0 unspecified atom stereocenters. The number of para-hydroxylation sites is 2. The van der Waals surface area contributed by atoms with Crippen molar-refractivity contribution in [2.24, 2.45) is 5.92 Å². The van der Waals surface area contributed by atoms with Crippen LogP contribution < -0.4 is 10.0 Å². The molecule has 4 heteroatoms. The van der Waals surface area contributed by atoms with Gasteiger partial charge in [-0.25, -0.2) is 10.0 Å². The summed E-state index contributed by atoms with van der Waals surface area (Å²) in [4.78, 5) is 25.1. The van der Waals surface area contributed by atoms with Crippen LogP contribution in [-0.2, 0) is 9.59 Å². The summed E-state index contributed by atoms with van der Waals surface area (Å²) in [5.41, 5.74) is 1.40. The van der Waals surface area contributed by atoms with Crippen molar-refractivity contribution >= 4 is 23.2 Å². The van der Waals surface area contributed by atoms with Crippen molar-refractivity contribution in [1.82, 2.24) is 0 Å². The van der Waals surface area contributed by atoms with Crippen LogP contribution in [0.5, 0.6) is 0 Å². The molecule has 1 atom stereocenters. The number of carbonyl (C=O) groups is 2. The molecule has 1 aliphatic rings. The Morgan fingerprint density at radius 3 is 1.81 bits per heavy atom. The summed E-state index contributed by atoms with van der Waals surface area (Å²) < 4.78 is 0. The molecule has 3 rings (SSSR count). The van der Waals surface area contributed by atoms with Gasteiger partial charge in [0, 0.05) is 12.3 Å². The van der Waals surface area contributed by atoms with Gasteiger partial charge in [0.05, 0.1) is 11.4 Å². The Kier molecular flexibility index (Phi) is 3.44. The fourth-order valence-electron chi connectivity index (χ4n) is 2.50. The molecule has 2 amide bonds. The predicted octanol–water partition coefficient (Wildman–Crippen LogP) is 3.01. The Labute approximate surface area is 123 Å². The van der Waals surface area contributed by atoms with Crippen LogP contribution in [0.1, 0.15) is 13.3 Å². The van der Waals surface area contributed by atoms with E-state index in [0.29, 0.717) is 11.4 Å². The highest BCUT2D eigenvalue weighted by Crippen LogP contribution is 2.30. The molecule has 4 nitrogen and oxygen atoms in total. The highest BCUT2D eigenvalue weighted by Gasteiger charge is 2.38. The van der Waals surface area contributed by atoms with E-state index in [1.165, 1.54) is 10.0 Å². The fraction of sp³-hybridized carbons (Fsp3) is 0.176. The van der Waals surface area contributed by atoms with Crippen molar-refractivity contribution < 1.29 is 9.59 Å². The lowest BCUT2D eigenvalue weighted by molar-refractivity contribution is -0.131. The largest absolute Gasteiger partial charge is 0.273 e. The third-order valence-corrected chi connectivity index (χ3v) is 3.55. The number of rotatable bonds is 2. The molecule has 1 heterocycles. The number of benzene rings is 2. The lowest BCUT2D eigenvalue weighted by atomic mass is 10.0. The highest BCUT2D eigenvalue weighted by atomic mass is 16.2. The second-order valence-corrected chi connectivity index (χ2v) is 5.13. The first-order valence-corrected chi connectivity index (χ1v) is 6.95. The zero-order chi connectivity index (χ0) is 14.8. The summed E-state index contributed by atoms with van der Waals surface area (Å²) in [5, 5.41) is 2.95. The molecule has 0 saturated carbocycles. The van der Waals surface area contributed by atoms with Gasteiger partial charge in [0.2, 0.25) is 11.8 Å². The Hall–Kier alpha value is -2.62. The molecule has 1 aliphatic heterocycles. The summed E-state index contributed by atoms with van der Waals surface area (Å²) in [6.07, 6.45) is 0.233. The van der Waals surface area contributed by atoms with Gasteiger partial charge in [-0.1, -0.05) is 43.3 Å². The number of hydrazine groups is 1. The van der Waals surface area contributed by atoms with Crippen LogP contribution in [0.3, 0.4) is 0 Å². The van der Waals surface area contributed by atoms with Gasteiger partial charge in [-0.3, -0.25) is 9.59 Å². The maximum atomic E-state index is 12.6. The average molecular weight is 280 g/mol. The monoisotopic (exact) mass is 280 g/mol. The van der Waals surface area contributed by atoms with Gasteiger partial charge in [-0.15, -0.1) is 0 Å². The number of carbonyl (C=O) groups excluding carboxylic acids is 2. The minimum absolute atomic E-state index is 0.0651. The topological polar surface area (TPSA) is 40.6 Å². The van der Waals surface area contributed by atoms with Crippen molar-refractivity contribution in [1.29, 1.82) is 0 Å². The van der Waals surface area contributed by atoms with Gasteiger partial charge >= 0.3 is 0 Å². The van der Waals surface area contributed by atoms with Crippen molar-refractivity contribution in [3.8, 4) is 0 Å². The molecule has 2 aromatic rings. The third kappa shape index (κ3) is 2.40. The molecule has 0 aromatic heterocycles. The smallest absolute Gasteiger partial charge is 0.249 e. The Bertz CT molecular complexity index is 655. The molecule has 0 N–H and O–H groups in total. The third-order valence-electron chi connectivity index (χ3n) is 3.55. The molecular formula is C17H16N2O2. The number of amides is 2. The minimum atomic E-state index is -0.308. The van der Waals surface area contributed by atoms with Gasteiger partial charge in [0.1, 0.15) is 0 Å². The molecule has 106 valence electrons. The summed E-state index contributed by atoms with van der Waals surface area (Å²) >= 11 is 0. The van der Waals surface area contributed by atoms with E-state index < -0.39 is 0 Å². The molecule has 2 aromatic carbocycles. The zero-order valence-corrected chi connectivity index (χ0v) is 11.8. The fourth-order valence-corrected chi connectivity index (χ4v) is 2.50. The van der Waals surface area contributed by atoms with Gasteiger partial charge in [-0.2, -0.15) is 0 Å². The van der Waals surface area contributed by atoms with Crippen molar-refractivity contribution in [3.05, 3.63) is 60.7 Å². The van der Waals surface area contributed by atoms with Crippen LogP contribution in [0.25, 0.3) is 0 Å². The van der Waals surface area contributed by atoms with Gasteiger partial charge in [-0.05, 0) is 24.3 Å². The van der Waals surface area contributed by atoms with Crippen molar-refractivity contribution in [2.45, 2.75) is 13.3 Å². The van der Waals surface area contributed by atoms with E-state index in [-0.39, 0.29) is 24.2 Å². The van der Waals surface area contributed by atoms with Crippen LogP contribution in [0.2, 0.25) is 0 Å². The quantitative estimate of drug-likeness (QED) is 0.848. The Balaban J connectivity index is 2.09. The molecular weight excluding hydrogens is 264 g/mol. The highest BCUT2D eigenvalue weighted by molar-refractivity contribution is 6.11. The molecule has 0 radical (unpaired) electrons. The first kappa shape index (κ1) is 13.4. The second kappa shape index (κ2) is 5.40. The maximum absolute atomic E-state index is 12.6. The normalized spacial score (nSPS) is 19.0. The van der Waals surface area contributed by atoms with E-state index in [0.717, 1.165) is 0 Å². The van der Waals surface area contributed by atoms with E-state index in [9.17, 15) is 9.59 Å². The summed E-state index contributed by atoms with van der Waals surface area (Å²) in [6, 6.07) is 18.5. The molecule has 0 bridgehead atoms. The van der Waals surface area contributed by atoms with Gasteiger partial charge < -0.3 is 0 Å². The number of hydrogen-bond acceptors (Lipinski definition) is 2. The standard InChI is InChI=1S/C17H16N2O2/c1-13-12-16(20)18(14-8-4-2-5-9-14)19(17(13)21)15-10-6-3-7-11-15/h2-11,13H,12H2,1H3/t13-/m1/s1. The average Bonchev–Trinajstić information content (AvgIpc) is 2.52. The molecule has 1 fully saturated rings. The number of anilines is 2. The van der Waals surface area contributed by atoms with E-state index in [2.05, 4.69) is 0 Å². The van der Waals surface area contributed by atoms with Gasteiger partial charge in [0.15, 0.2) is 0 Å². The first-order chi connectivity index (χ1) is 10.2. The van der Waals surface area contributed by atoms with Crippen molar-refractivity contribution in [2.75, 3.05) is 10.0 Å². The molecule has 0 spiro atoms. The molecule has 21 heavy (non-hydrogen) atoms. The summed E-state index contributed by atoms with van der Waals surface area (Å²) in [5.74, 6) is -0.445. The van der Waals surface area contributed by atoms with Gasteiger partial charge in [0.25, 0.3) is 0 Å². The summed E-state index contributed by atoms with van der Waals surface area (Å²) in [7, 11) is 0. The van der Waals surface area contributed by atoms with Crippen LogP contribution in [0.4, 0.5) is 11.4 Å². The lowest BCUT2D eigenvalue weighted by Gasteiger charge is -2.40. The Morgan fingerprint density at radius 2 is 1.29 bits per heavy atom. The van der Waals surface area contributed by atoms with E-state index >= 15 is 0 Å². The first-order valence-electron chi connectivity index (χ1n) is 6.95. The number of nitrogens with zero attached hydrogens (tertiary/aromatic N) is 2. The number of hydrogen-bond donors (Lipinski definition) is 0. The zero-order valence-electron chi connectivity index (χ0n) is 11.8. The Morgan fingerprint density at radius 1 is 0.810 bits per heavy atom. The van der Waals surface area contributed by atoms with E-state index in [1.54, 1.807) is 6.92 Å². The SMILES string of the molecule is C[C@@H]1CC(=O)N(c2ccccc2)N(c2ccccc2)C1=O. The summed E-state index contributed by atoms with van der Waals surface area (Å²) in [6.45, 7) is 1.79. The maximum Gasteiger partial charge on any atom is 0.249 e. The van der Waals surface area contributed by atoms with Crippen LogP contribution >= 0.6 is 0 Å². The van der Waals surface area contributed by atoms with Crippen LogP contribution in [0, 0.1) is 5.92 Å². The van der Waals surface area contributed by atoms with E-state index in [4.69, 9.17) is 0 Å². The van der Waals surface area contributed by atoms with Crippen LogP contribution in [-0.4, -0.2) is 11.8 Å². The minimum Gasteiger partial charge on any atom is -0.273 e.